The van der Waals surface area contributed by atoms with E-state index in [4.69, 9.17) is 5.84 Å². The quantitative estimate of drug-likeness (QED) is 0.358. The van der Waals surface area contributed by atoms with E-state index in [9.17, 15) is 0 Å². The van der Waals surface area contributed by atoms with Gasteiger partial charge in [-0.15, -0.1) is 11.8 Å². The van der Waals surface area contributed by atoms with Crippen LogP contribution in [0.1, 0.15) is 44.5 Å². The van der Waals surface area contributed by atoms with Gasteiger partial charge in [0.25, 0.3) is 0 Å². The first-order valence-electron chi connectivity index (χ1n) is 5.58. The molecule has 0 aliphatic rings. The van der Waals surface area contributed by atoms with Crippen molar-refractivity contribution in [2.75, 3.05) is 11.2 Å². The minimum Gasteiger partial charge on any atom is -0.308 e. The summed E-state index contributed by atoms with van der Waals surface area (Å²) in [5, 5.41) is 1.04. The number of hydrazine groups is 1. The summed E-state index contributed by atoms with van der Waals surface area (Å²) >= 11 is 1.76. The zero-order valence-electron chi connectivity index (χ0n) is 10.4. The average Bonchev–Trinajstić information content (AvgIpc) is 2.27. The van der Waals surface area contributed by atoms with Gasteiger partial charge in [0.05, 0.1) is 0 Å². The highest BCUT2D eigenvalue weighted by molar-refractivity contribution is 7.99. The third-order valence-corrected chi connectivity index (χ3v) is 3.50. The zero-order chi connectivity index (χ0) is 12.1. The van der Waals surface area contributed by atoms with Gasteiger partial charge in [0.2, 0.25) is 0 Å². The Morgan fingerprint density at radius 1 is 1.38 bits per heavy atom. The molecule has 0 bridgehead atoms. The molecule has 3 N–H and O–H groups in total. The normalized spacial score (nSPS) is 10.9. The van der Waals surface area contributed by atoms with Gasteiger partial charge in [0.1, 0.15) is 16.7 Å². The van der Waals surface area contributed by atoms with E-state index in [0.717, 1.165) is 34.4 Å². The van der Waals surface area contributed by atoms with Crippen LogP contribution in [-0.2, 0) is 0 Å². The molecule has 1 rings (SSSR count). The summed E-state index contributed by atoms with van der Waals surface area (Å²) in [4.78, 5) is 8.97. The number of nitrogen functional groups attached to an aromatic ring is 1. The smallest absolute Gasteiger partial charge is 0.147 e. The highest BCUT2D eigenvalue weighted by Gasteiger charge is 2.12. The summed E-state index contributed by atoms with van der Waals surface area (Å²) in [5.74, 6) is 8.43. The van der Waals surface area contributed by atoms with Gasteiger partial charge in [-0.25, -0.2) is 15.8 Å². The van der Waals surface area contributed by atoms with E-state index < -0.39 is 0 Å². The molecule has 0 aliphatic carbocycles. The van der Waals surface area contributed by atoms with Crippen LogP contribution in [0.3, 0.4) is 0 Å². The average molecular weight is 240 g/mol. The van der Waals surface area contributed by atoms with E-state index in [0.29, 0.717) is 5.92 Å². The van der Waals surface area contributed by atoms with Crippen molar-refractivity contribution in [3.8, 4) is 0 Å². The van der Waals surface area contributed by atoms with E-state index in [2.05, 4.69) is 36.2 Å². The first-order chi connectivity index (χ1) is 7.60. The fraction of sp³-hybridized carbons (Fsp3) is 0.636. The lowest BCUT2D eigenvalue weighted by Gasteiger charge is -2.12. The van der Waals surface area contributed by atoms with Crippen molar-refractivity contribution in [1.82, 2.24) is 9.97 Å². The number of hydrogen-bond acceptors (Lipinski definition) is 5. The van der Waals surface area contributed by atoms with E-state index in [1.807, 2.05) is 6.92 Å². The number of aromatic nitrogens is 2. The number of nitrogens with one attached hydrogen (secondary N) is 1. The van der Waals surface area contributed by atoms with Crippen LogP contribution in [0, 0.1) is 6.92 Å². The second-order valence-corrected chi connectivity index (χ2v) is 5.09. The number of thioether (sulfide) groups is 1. The number of hydrogen-bond donors (Lipinski definition) is 2. The molecule has 1 aromatic rings. The van der Waals surface area contributed by atoms with Gasteiger partial charge in [-0.1, -0.05) is 20.8 Å². The monoisotopic (exact) mass is 240 g/mol. The molecule has 0 unspecified atom stereocenters. The maximum absolute atomic E-state index is 5.47. The lowest BCUT2D eigenvalue weighted by molar-refractivity contribution is 0.748. The molecule has 90 valence electrons. The molecule has 0 fully saturated rings. The van der Waals surface area contributed by atoms with Gasteiger partial charge in [0, 0.05) is 11.5 Å². The Kier molecular flexibility index (Phi) is 5.02. The molecule has 0 saturated heterocycles. The maximum atomic E-state index is 5.47. The summed E-state index contributed by atoms with van der Waals surface area (Å²) in [6.07, 6.45) is 1.14. The van der Waals surface area contributed by atoms with Gasteiger partial charge in [0.15, 0.2) is 0 Å². The summed E-state index contributed by atoms with van der Waals surface area (Å²) < 4.78 is 0. The molecule has 0 saturated carbocycles. The summed E-state index contributed by atoms with van der Waals surface area (Å²) in [5.41, 5.74) is 3.68. The second-order valence-electron chi connectivity index (χ2n) is 4.01. The van der Waals surface area contributed by atoms with Crippen molar-refractivity contribution in [3.63, 3.8) is 0 Å². The van der Waals surface area contributed by atoms with Gasteiger partial charge in [-0.2, -0.15) is 0 Å². The Labute approximate surface area is 101 Å². The fourth-order valence-electron chi connectivity index (χ4n) is 1.25. The first kappa shape index (κ1) is 13.3. The number of rotatable bonds is 5. The third-order valence-electron chi connectivity index (χ3n) is 2.21. The molecule has 0 aromatic carbocycles. The fourth-order valence-corrected chi connectivity index (χ4v) is 2.12. The van der Waals surface area contributed by atoms with Crippen molar-refractivity contribution in [2.24, 2.45) is 5.84 Å². The largest absolute Gasteiger partial charge is 0.308 e. The predicted molar refractivity (Wildman–Crippen MR) is 69.7 cm³/mol. The van der Waals surface area contributed by atoms with Crippen LogP contribution < -0.4 is 11.3 Å². The third kappa shape index (κ3) is 3.09. The summed E-state index contributed by atoms with van der Waals surface area (Å²) in [6.45, 7) is 8.32. The first-order valence-corrected chi connectivity index (χ1v) is 6.56. The van der Waals surface area contributed by atoms with Crippen LogP contribution in [0.5, 0.6) is 0 Å². The molecule has 0 spiro atoms. The van der Waals surface area contributed by atoms with Crippen LogP contribution >= 0.6 is 11.8 Å². The Bertz CT molecular complexity index is 352. The molecular weight excluding hydrogens is 220 g/mol. The minimum absolute atomic E-state index is 0.314. The van der Waals surface area contributed by atoms with Crippen LogP contribution in [0.2, 0.25) is 0 Å². The van der Waals surface area contributed by atoms with Gasteiger partial charge in [-0.3, -0.25) is 0 Å². The van der Waals surface area contributed by atoms with Gasteiger partial charge in [-0.05, 0) is 19.1 Å². The van der Waals surface area contributed by atoms with Crippen molar-refractivity contribution in [2.45, 2.75) is 45.1 Å². The van der Waals surface area contributed by atoms with Crippen LogP contribution in [-0.4, -0.2) is 15.7 Å². The second kappa shape index (κ2) is 6.06. The highest BCUT2D eigenvalue weighted by atomic mass is 32.2. The minimum atomic E-state index is 0.314. The zero-order valence-corrected chi connectivity index (χ0v) is 11.2. The summed E-state index contributed by atoms with van der Waals surface area (Å²) in [7, 11) is 0. The lowest BCUT2D eigenvalue weighted by Crippen LogP contribution is -2.13. The number of nitrogens with zero attached hydrogens (tertiary/aromatic N) is 2. The van der Waals surface area contributed by atoms with Crippen LogP contribution in [0.25, 0.3) is 0 Å². The van der Waals surface area contributed by atoms with Crippen molar-refractivity contribution in [1.29, 1.82) is 0 Å². The Hall–Kier alpha value is -0.810. The van der Waals surface area contributed by atoms with E-state index in [-0.39, 0.29) is 0 Å². The number of anilines is 1. The van der Waals surface area contributed by atoms with Crippen LogP contribution in [0.15, 0.2) is 5.03 Å². The highest BCUT2D eigenvalue weighted by Crippen LogP contribution is 2.26. The molecule has 16 heavy (non-hydrogen) atoms. The topological polar surface area (TPSA) is 63.8 Å². The lowest BCUT2D eigenvalue weighted by atomic mass is 10.2. The molecule has 4 nitrogen and oxygen atoms in total. The molecule has 1 heterocycles. The Morgan fingerprint density at radius 2 is 2.06 bits per heavy atom. The van der Waals surface area contributed by atoms with Crippen molar-refractivity contribution < 1.29 is 0 Å². The van der Waals surface area contributed by atoms with Crippen LogP contribution in [0.4, 0.5) is 5.82 Å². The molecular formula is C11H20N4S. The summed E-state index contributed by atoms with van der Waals surface area (Å²) in [6, 6.07) is 0. The standard InChI is InChI=1S/C11H20N4S/c1-5-6-16-11-8(4)10(15-12)13-9(14-11)7(2)3/h7H,5-6,12H2,1-4H3,(H,13,14,15). The predicted octanol–water partition coefficient (Wildman–Crippen LogP) is 2.70. The molecule has 0 aliphatic heterocycles. The van der Waals surface area contributed by atoms with E-state index in [1.54, 1.807) is 11.8 Å². The van der Waals surface area contributed by atoms with Crippen molar-refractivity contribution >= 4 is 17.6 Å². The van der Waals surface area contributed by atoms with E-state index in [1.165, 1.54) is 0 Å². The number of nitrogens with two attached hydrogens (primary N) is 1. The molecule has 0 radical (unpaired) electrons. The van der Waals surface area contributed by atoms with Gasteiger partial charge >= 0.3 is 0 Å². The Morgan fingerprint density at radius 3 is 2.56 bits per heavy atom. The molecule has 0 atom stereocenters. The Balaban J connectivity index is 3.08. The van der Waals surface area contributed by atoms with Gasteiger partial charge < -0.3 is 5.43 Å². The SMILES string of the molecule is CCCSc1nc(C(C)C)nc(NN)c1C. The molecule has 0 amide bonds. The molecule has 5 heteroatoms. The van der Waals surface area contributed by atoms with Crippen molar-refractivity contribution in [3.05, 3.63) is 11.4 Å². The van der Waals surface area contributed by atoms with E-state index >= 15 is 0 Å². The maximum Gasteiger partial charge on any atom is 0.147 e. The molecule has 1 aromatic heterocycles.